The van der Waals surface area contributed by atoms with Crippen molar-refractivity contribution in [1.82, 2.24) is 10.3 Å². The molecular weight excluding hydrogens is 316 g/mol. The van der Waals surface area contributed by atoms with Crippen LogP contribution in [0.5, 0.6) is 0 Å². The third kappa shape index (κ3) is 2.57. The monoisotopic (exact) mass is 332 g/mol. The lowest BCUT2D eigenvalue weighted by Crippen LogP contribution is -2.48. The highest BCUT2D eigenvalue weighted by Gasteiger charge is 2.34. The van der Waals surface area contributed by atoms with Crippen LogP contribution >= 0.6 is 15.9 Å². The second kappa shape index (κ2) is 5.52. The molecule has 0 radical (unpaired) electrons. The van der Waals surface area contributed by atoms with E-state index in [1.165, 1.54) is 12.8 Å². The Morgan fingerprint density at radius 3 is 2.70 bits per heavy atom. The van der Waals surface area contributed by atoms with E-state index < -0.39 is 0 Å². The van der Waals surface area contributed by atoms with Gasteiger partial charge < -0.3 is 5.32 Å². The van der Waals surface area contributed by atoms with Crippen LogP contribution in [0.3, 0.4) is 0 Å². The zero-order valence-corrected chi connectivity index (χ0v) is 12.8. The molecule has 3 nitrogen and oxygen atoms in total. The van der Waals surface area contributed by atoms with Crippen molar-refractivity contribution in [2.45, 2.75) is 31.2 Å². The van der Waals surface area contributed by atoms with E-state index in [9.17, 15) is 4.79 Å². The lowest BCUT2D eigenvalue weighted by Gasteiger charge is -2.27. The normalized spacial score (nSPS) is 17.2. The first-order chi connectivity index (χ1) is 9.72. The van der Waals surface area contributed by atoms with Crippen LogP contribution < -0.4 is 5.32 Å². The smallest absolute Gasteiger partial charge is 0.270 e. The minimum Gasteiger partial charge on any atom is -0.344 e. The maximum atomic E-state index is 12.4. The van der Waals surface area contributed by atoms with E-state index in [1.54, 1.807) is 6.07 Å². The molecule has 1 fully saturated rings. The van der Waals surface area contributed by atoms with Gasteiger partial charge in [-0.15, -0.1) is 0 Å². The Morgan fingerprint density at radius 1 is 1.20 bits per heavy atom. The van der Waals surface area contributed by atoms with Crippen molar-refractivity contribution in [3.63, 3.8) is 0 Å². The molecule has 4 heteroatoms. The fraction of sp³-hybridized carbons (Fsp3) is 0.375. The van der Waals surface area contributed by atoms with Crippen molar-refractivity contribution < 1.29 is 4.79 Å². The molecule has 1 aliphatic rings. The average Bonchev–Trinajstić information content (AvgIpc) is 2.96. The van der Waals surface area contributed by atoms with Crippen molar-refractivity contribution in [1.29, 1.82) is 0 Å². The molecule has 1 aliphatic carbocycles. The van der Waals surface area contributed by atoms with Gasteiger partial charge >= 0.3 is 0 Å². The summed E-state index contributed by atoms with van der Waals surface area (Å²) >= 11 is 3.54. The van der Waals surface area contributed by atoms with Crippen LogP contribution in [0.15, 0.2) is 36.4 Å². The topological polar surface area (TPSA) is 42.0 Å². The van der Waals surface area contributed by atoms with Crippen LogP contribution in [-0.4, -0.2) is 21.8 Å². The summed E-state index contributed by atoms with van der Waals surface area (Å²) in [6.45, 7) is 0. The van der Waals surface area contributed by atoms with Gasteiger partial charge in [0.05, 0.1) is 11.1 Å². The van der Waals surface area contributed by atoms with Gasteiger partial charge in [-0.25, -0.2) is 4.98 Å². The Morgan fingerprint density at radius 2 is 1.95 bits per heavy atom. The molecule has 3 rings (SSSR count). The van der Waals surface area contributed by atoms with Gasteiger partial charge in [0.2, 0.25) is 0 Å². The first-order valence-corrected chi connectivity index (χ1v) is 8.09. The maximum Gasteiger partial charge on any atom is 0.270 e. The number of nitrogens with zero attached hydrogens (tertiary/aromatic N) is 1. The predicted molar refractivity (Wildman–Crippen MR) is 84.2 cm³/mol. The van der Waals surface area contributed by atoms with Gasteiger partial charge in [-0.3, -0.25) is 4.79 Å². The Balaban J connectivity index is 1.85. The number of nitrogens with one attached hydrogen (secondary N) is 1. The Hall–Kier alpha value is -1.42. The highest BCUT2D eigenvalue weighted by atomic mass is 79.9. The molecule has 0 atom stereocenters. The SMILES string of the molecule is O=C(NC1(CBr)CCCC1)c1ccc2ccccc2n1. The first kappa shape index (κ1) is 13.6. The van der Waals surface area contributed by atoms with Gasteiger partial charge in [-0.05, 0) is 25.0 Å². The number of halogens is 1. The molecule has 1 N–H and O–H groups in total. The summed E-state index contributed by atoms with van der Waals surface area (Å²) in [5.41, 5.74) is 1.26. The van der Waals surface area contributed by atoms with Gasteiger partial charge in [-0.1, -0.05) is 53.0 Å². The van der Waals surface area contributed by atoms with E-state index in [0.29, 0.717) is 5.69 Å². The van der Waals surface area contributed by atoms with Gasteiger partial charge in [0, 0.05) is 10.7 Å². The number of hydrogen-bond acceptors (Lipinski definition) is 2. The van der Waals surface area contributed by atoms with Crippen molar-refractivity contribution in [3.05, 3.63) is 42.1 Å². The average molecular weight is 333 g/mol. The van der Waals surface area contributed by atoms with Crippen LogP contribution in [0, 0.1) is 0 Å². The summed E-state index contributed by atoms with van der Waals surface area (Å²) in [4.78, 5) is 16.9. The number of alkyl halides is 1. The van der Waals surface area contributed by atoms with Gasteiger partial charge in [-0.2, -0.15) is 0 Å². The molecule has 2 aromatic rings. The molecule has 0 unspecified atom stereocenters. The minimum absolute atomic E-state index is 0.0721. The minimum atomic E-state index is -0.0928. The Labute approximate surface area is 126 Å². The fourth-order valence-corrected chi connectivity index (χ4v) is 3.54. The van der Waals surface area contributed by atoms with Gasteiger partial charge in [0.1, 0.15) is 5.69 Å². The molecular formula is C16H17BrN2O. The Bertz CT molecular complexity index is 635. The van der Waals surface area contributed by atoms with E-state index >= 15 is 0 Å². The quantitative estimate of drug-likeness (QED) is 0.871. The van der Waals surface area contributed by atoms with Crippen LogP contribution in [0.1, 0.15) is 36.2 Å². The largest absolute Gasteiger partial charge is 0.344 e. The molecule has 20 heavy (non-hydrogen) atoms. The number of amides is 1. The summed E-state index contributed by atoms with van der Waals surface area (Å²) in [6, 6.07) is 11.6. The number of rotatable bonds is 3. The predicted octanol–water partition coefficient (Wildman–Crippen LogP) is 3.67. The number of carbonyl (C=O) groups is 1. The number of aromatic nitrogens is 1. The van der Waals surface area contributed by atoms with E-state index in [4.69, 9.17) is 0 Å². The van der Waals surface area contributed by atoms with Crippen LogP contribution in [0.2, 0.25) is 0 Å². The second-order valence-electron chi connectivity index (χ2n) is 5.46. The number of para-hydroxylation sites is 1. The van der Waals surface area contributed by atoms with E-state index in [0.717, 1.165) is 29.1 Å². The maximum absolute atomic E-state index is 12.4. The molecule has 1 heterocycles. The summed E-state index contributed by atoms with van der Waals surface area (Å²) in [5, 5.41) is 5.04. The Kier molecular flexibility index (Phi) is 3.74. The lowest BCUT2D eigenvalue weighted by molar-refractivity contribution is 0.0905. The fourth-order valence-electron chi connectivity index (χ4n) is 2.84. The highest BCUT2D eigenvalue weighted by molar-refractivity contribution is 9.09. The van der Waals surface area contributed by atoms with E-state index in [1.807, 2.05) is 30.3 Å². The molecule has 0 bridgehead atoms. The summed E-state index contributed by atoms with van der Waals surface area (Å²) in [7, 11) is 0. The second-order valence-corrected chi connectivity index (χ2v) is 6.03. The van der Waals surface area contributed by atoms with E-state index in [2.05, 4.69) is 26.2 Å². The summed E-state index contributed by atoms with van der Waals surface area (Å²) < 4.78 is 0. The standard InChI is InChI=1S/C16H17BrN2O/c17-11-16(9-3-4-10-16)19-15(20)14-8-7-12-5-1-2-6-13(12)18-14/h1-2,5-8H,3-4,9-11H2,(H,19,20). The van der Waals surface area contributed by atoms with Crippen LogP contribution in [0.4, 0.5) is 0 Å². The van der Waals surface area contributed by atoms with E-state index in [-0.39, 0.29) is 11.4 Å². The molecule has 0 spiro atoms. The van der Waals surface area contributed by atoms with Crippen molar-refractivity contribution in [2.24, 2.45) is 0 Å². The number of hydrogen-bond donors (Lipinski definition) is 1. The highest BCUT2D eigenvalue weighted by Crippen LogP contribution is 2.31. The molecule has 1 aromatic heterocycles. The first-order valence-electron chi connectivity index (χ1n) is 6.97. The van der Waals surface area contributed by atoms with Crippen LogP contribution in [0.25, 0.3) is 10.9 Å². The molecule has 1 aromatic carbocycles. The third-order valence-corrected chi connectivity index (χ3v) is 5.10. The molecule has 0 aliphatic heterocycles. The number of benzene rings is 1. The summed E-state index contributed by atoms with van der Waals surface area (Å²) in [5.74, 6) is -0.0721. The molecule has 1 amide bonds. The summed E-state index contributed by atoms with van der Waals surface area (Å²) in [6.07, 6.45) is 4.43. The van der Waals surface area contributed by atoms with Crippen LogP contribution in [-0.2, 0) is 0 Å². The van der Waals surface area contributed by atoms with Crippen molar-refractivity contribution >= 4 is 32.7 Å². The zero-order valence-electron chi connectivity index (χ0n) is 11.2. The number of carbonyl (C=O) groups excluding carboxylic acids is 1. The third-order valence-electron chi connectivity index (χ3n) is 4.03. The molecule has 0 saturated heterocycles. The van der Waals surface area contributed by atoms with Gasteiger partial charge in [0.15, 0.2) is 0 Å². The molecule has 1 saturated carbocycles. The number of pyridine rings is 1. The molecule has 104 valence electrons. The zero-order chi connectivity index (χ0) is 14.0. The van der Waals surface area contributed by atoms with Crippen molar-refractivity contribution in [3.8, 4) is 0 Å². The lowest BCUT2D eigenvalue weighted by atomic mass is 10.0. The number of fused-ring (bicyclic) bond motifs is 1. The van der Waals surface area contributed by atoms with Gasteiger partial charge in [0.25, 0.3) is 5.91 Å². The van der Waals surface area contributed by atoms with Crippen molar-refractivity contribution in [2.75, 3.05) is 5.33 Å².